The van der Waals surface area contributed by atoms with Crippen LogP contribution < -0.4 is 11.1 Å². The summed E-state index contributed by atoms with van der Waals surface area (Å²) in [6.45, 7) is 1.93. The molecule has 0 aliphatic heterocycles. The van der Waals surface area contributed by atoms with Crippen molar-refractivity contribution in [1.82, 2.24) is 4.90 Å². The van der Waals surface area contributed by atoms with Crippen LogP contribution in [0.4, 0.5) is 10.5 Å². The Morgan fingerprint density at radius 3 is 2.64 bits per heavy atom. The van der Waals surface area contributed by atoms with Gasteiger partial charge in [0.1, 0.15) is 0 Å². The summed E-state index contributed by atoms with van der Waals surface area (Å²) in [6.07, 6.45) is 0. The van der Waals surface area contributed by atoms with Gasteiger partial charge in [0.2, 0.25) is 5.91 Å². The van der Waals surface area contributed by atoms with Crippen LogP contribution >= 0.6 is 23.4 Å². The largest absolute Gasteiger partial charge is 0.369 e. The Kier molecular flexibility index (Phi) is 6.73. The predicted octanol–water partition coefficient (Wildman–Crippen LogP) is 4.14. The third kappa shape index (κ3) is 5.41. The van der Waals surface area contributed by atoms with Gasteiger partial charge in [-0.1, -0.05) is 35.9 Å². The average molecular weight is 378 g/mol. The van der Waals surface area contributed by atoms with E-state index in [0.717, 1.165) is 10.5 Å². The van der Waals surface area contributed by atoms with Gasteiger partial charge in [-0.15, -0.1) is 11.8 Å². The third-order valence-electron chi connectivity index (χ3n) is 3.73. The molecule has 0 fully saturated rings. The molecule has 0 saturated heterocycles. The molecular weight excluding hydrogens is 358 g/mol. The molecule has 2 aromatic carbocycles. The molecule has 1 atom stereocenters. The van der Waals surface area contributed by atoms with E-state index in [2.05, 4.69) is 5.32 Å². The summed E-state index contributed by atoms with van der Waals surface area (Å²) < 4.78 is 0. The number of amides is 3. The molecule has 132 valence electrons. The van der Waals surface area contributed by atoms with Gasteiger partial charge in [0.15, 0.2) is 0 Å². The lowest BCUT2D eigenvalue weighted by Crippen LogP contribution is -2.33. The Labute approximate surface area is 156 Å². The normalized spacial score (nSPS) is 11.6. The van der Waals surface area contributed by atoms with Crippen molar-refractivity contribution in [3.05, 3.63) is 59.1 Å². The number of halogens is 1. The number of carbonyl (C=O) groups is 2. The van der Waals surface area contributed by atoms with Crippen molar-refractivity contribution in [3.63, 3.8) is 0 Å². The highest BCUT2D eigenvalue weighted by Crippen LogP contribution is 2.28. The highest BCUT2D eigenvalue weighted by molar-refractivity contribution is 8.00. The molecule has 0 radical (unpaired) electrons. The Hall–Kier alpha value is -2.18. The van der Waals surface area contributed by atoms with Crippen LogP contribution in [0.15, 0.2) is 53.4 Å². The summed E-state index contributed by atoms with van der Waals surface area (Å²) in [6, 6.07) is 14.3. The number of hydrogen-bond acceptors (Lipinski definition) is 3. The first-order valence-corrected chi connectivity index (χ1v) is 9.04. The minimum atomic E-state index is -0.405. The van der Waals surface area contributed by atoms with Crippen LogP contribution in [0.25, 0.3) is 0 Å². The number of rotatable bonds is 6. The fourth-order valence-corrected chi connectivity index (χ4v) is 3.16. The standard InChI is InChI=1S/C18H20ClN3O2S/c1-12(13-6-5-7-14(19)10-13)22(2)18(24)21-15-8-3-4-9-16(15)25-11-17(20)23/h3-10,12H,11H2,1-2H3,(H2,20,23)(H,21,24)/t12-/m0/s1. The lowest BCUT2D eigenvalue weighted by molar-refractivity contribution is -0.115. The zero-order chi connectivity index (χ0) is 18.4. The van der Waals surface area contributed by atoms with E-state index in [1.165, 1.54) is 11.8 Å². The highest BCUT2D eigenvalue weighted by Gasteiger charge is 2.18. The molecule has 2 rings (SSSR count). The second-order valence-electron chi connectivity index (χ2n) is 5.52. The fourth-order valence-electron chi connectivity index (χ4n) is 2.21. The monoisotopic (exact) mass is 377 g/mol. The number of nitrogens with zero attached hydrogens (tertiary/aromatic N) is 1. The molecule has 0 saturated carbocycles. The van der Waals surface area contributed by atoms with Crippen LogP contribution in [0.3, 0.4) is 0 Å². The molecule has 3 amide bonds. The molecule has 7 heteroatoms. The molecule has 0 heterocycles. The first-order valence-electron chi connectivity index (χ1n) is 7.68. The number of para-hydroxylation sites is 1. The van der Waals surface area contributed by atoms with Crippen molar-refractivity contribution < 1.29 is 9.59 Å². The number of nitrogens with one attached hydrogen (secondary N) is 1. The summed E-state index contributed by atoms with van der Waals surface area (Å²) in [5.41, 5.74) is 6.78. The van der Waals surface area contributed by atoms with Gasteiger partial charge >= 0.3 is 6.03 Å². The molecule has 5 nitrogen and oxygen atoms in total. The van der Waals surface area contributed by atoms with E-state index in [0.29, 0.717) is 10.7 Å². The number of benzene rings is 2. The number of anilines is 1. The molecule has 0 unspecified atom stereocenters. The summed E-state index contributed by atoms with van der Waals surface area (Å²) in [4.78, 5) is 26.0. The third-order valence-corrected chi connectivity index (χ3v) is 5.06. The number of nitrogens with two attached hydrogens (primary N) is 1. The van der Waals surface area contributed by atoms with Crippen molar-refractivity contribution in [1.29, 1.82) is 0 Å². The Morgan fingerprint density at radius 1 is 1.24 bits per heavy atom. The van der Waals surface area contributed by atoms with Gasteiger partial charge in [0.05, 0.1) is 17.5 Å². The average Bonchev–Trinajstić information content (AvgIpc) is 2.59. The van der Waals surface area contributed by atoms with Crippen molar-refractivity contribution in [2.24, 2.45) is 5.73 Å². The summed E-state index contributed by atoms with van der Waals surface area (Å²) in [5, 5.41) is 3.51. The van der Waals surface area contributed by atoms with Crippen molar-refractivity contribution >= 4 is 41.0 Å². The van der Waals surface area contributed by atoms with Crippen LogP contribution in [-0.4, -0.2) is 29.6 Å². The van der Waals surface area contributed by atoms with E-state index in [1.54, 1.807) is 24.1 Å². The van der Waals surface area contributed by atoms with Crippen LogP contribution in [0, 0.1) is 0 Å². The van der Waals surface area contributed by atoms with E-state index < -0.39 is 5.91 Å². The van der Waals surface area contributed by atoms with E-state index in [9.17, 15) is 9.59 Å². The van der Waals surface area contributed by atoms with Crippen LogP contribution in [-0.2, 0) is 4.79 Å². The number of carbonyl (C=O) groups excluding carboxylic acids is 2. The predicted molar refractivity (Wildman–Crippen MR) is 103 cm³/mol. The zero-order valence-corrected chi connectivity index (χ0v) is 15.6. The second kappa shape index (κ2) is 8.78. The maximum absolute atomic E-state index is 12.6. The highest BCUT2D eigenvalue weighted by atomic mass is 35.5. The Morgan fingerprint density at radius 2 is 1.96 bits per heavy atom. The smallest absolute Gasteiger partial charge is 0.322 e. The molecule has 3 N–H and O–H groups in total. The SMILES string of the molecule is C[C@@H](c1cccc(Cl)c1)N(C)C(=O)Nc1ccccc1SCC(N)=O. The van der Waals surface area contributed by atoms with E-state index in [-0.39, 0.29) is 17.8 Å². The van der Waals surface area contributed by atoms with Crippen LogP contribution in [0.5, 0.6) is 0 Å². The van der Waals surface area contributed by atoms with Gasteiger partial charge in [-0.3, -0.25) is 4.79 Å². The maximum Gasteiger partial charge on any atom is 0.322 e. The molecular formula is C18H20ClN3O2S. The molecule has 0 bridgehead atoms. The lowest BCUT2D eigenvalue weighted by Gasteiger charge is -2.26. The minimum absolute atomic E-state index is 0.149. The number of thioether (sulfide) groups is 1. The summed E-state index contributed by atoms with van der Waals surface area (Å²) >= 11 is 7.31. The Bertz CT molecular complexity index is 769. The van der Waals surface area contributed by atoms with Crippen molar-refractivity contribution in [2.45, 2.75) is 17.9 Å². The first-order chi connectivity index (χ1) is 11.9. The van der Waals surface area contributed by atoms with E-state index >= 15 is 0 Å². The Balaban J connectivity index is 2.09. The van der Waals surface area contributed by atoms with Crippen molar-refractivity contribution in [2.75, 3.05) is 18.1 Å². The quantitative estimate of drug-likeness (QED) is 0.743. The zero-order valence-electron chi connectivity index (χ0n) is 14.0. The lowest BCUT2D eigenvalue weighted by atomic mass is 10.1. The van der Waals surface area contributed by atoms with Crippen LogP contribution in [0.1, 0.15) is 18.5 Å². The number of primary amides is 1. The second-order valence-corrected chi connectivity index (χ2v) is 6.98. The van der Waals surface area contributed by atoms with Gasteiger partial charge in [-0.25, -0.2) is 4.79 Å². The van der Waals surface area contributed by atoms with E-state index in [1.807, 2.05) is 43.3 Å². The minimum Gasteiger partial charge on any atom is -0.369 e. The summed E-state index contributed by atoms with van der Waals surface area (Å²) in [5.74, 6) is -0.250. The topological polar surface area (TPSA) is 75.4 Å². The van der Waals surface area contributed by atoms with Gasteiger partial charge in [-0.05, 0) is 36.8 Å². The molecule has 25 heavy (non-hydrogen) atoms. The number of hydrogen-bond donors (Lipinski definition) is 2. The molecule has 0 spiro atoms. The first kappa shape index (κ1) is 19.1. The van der Waals surface area contributed by atoms with Gasteiger partial charge in [0, 0.05) is 17.0 Å². The molecule has 0 aliphatic rings. The van der Waals surface area contributed by atoms with Gasteiger partial charge < -0.3 is 16.0 Å². The number of urea groups is 1. The van der Waals surface area contributed by atoms with Gasteiger partial charge in [0.25, 0.3) is 0 Å². The fraction of sp³-hybridized carbons (Fsp3) is 0.222. The summed E-state index contributed by atoms with van der Waals surface area (Å²) in [7, 11) is 1.72. The molecule has 2 aromatic rings. The maximum atomic E-state index is 12.6. The van der Waals surface area contributed by atoms with E-state index in [4.69, 9.17) is 17.3 Å². The van der Waals surface area contributed by atoms with Crippen LogP contribution in [0.2, 0.25) is 5.02 Å². The molecule has 0 aliphatic carbocycles. The molecule has 0 aromatic heterocycles. The van der Waals surface area contributed by atoms with Crippen molar-refractivity contribution in [3.8, 4) is 0 Å². The van der Waals surface area contributed by atoms with Gasteiger partial charge in [-0.2, -0.15) is 0 Å².